The van der Waals surface area contributed by atoms with Gasteiger partial charge in [0.1, 0.15) is 17.5 Å². The van der Waals surface area contributed by atoms with Gasteiger partial charge in [0, 0.05) is 23.2 Å². The number of nitrogens with zero attached hydrogens (tertiary/aromatic N) is 1. The SMILES string of the molecule is COC(=O)[C@H]1C(O)[C@@]2(O)c3ncc(Cl)cc3O[C@@]2(c2ccc(Cl)cc2)[C@@H]1c1ccccc1. The van der Waals surface area contributed by atoms with Crippen molar-refractivity contribution in [1.29, 1.82) is 0 Å². The lowest BCUT2D eigenvalue weighted by atomic mass is 9.71. The van der Waals surface area contributed by atoms with E-state index in [1.54, 1.807) is 30.3 Å². The van der Waals surface area contributed by atoms with Gasteiger partial charge in [-0.05, 0) is 23.3 Å². The monoisotopic (exact) mass is 471 g/mol. The Balaban J connectivity index is 1.87. The van der Waals surface area contributed by atoms with Gasteiger partial charge in [-0.25, -0.2) is 0 Å². The van der Waals surface area contributed by atoms with Gasteiger partial charge in [0.2, 0.25) is 0 Å². The van der Waals surface area contributed by atoms with E-state index < -0.39 is 35.1 Å². The Hall–Kier alpha value is -2.64. The molecule has 0 spiro atoms. The van der Waals surface area contributed by atoms with Gasteiger partial charge in [0.25, 0.3) is 0 Å². The van der Waals surface area contributed by atoms with E-state index in [1.165, 1.54) is 13.3 Å². The molecular weight excluding hydrogens is 453 g/mol. The second kappa shape index (κ2) is 7.46. The Kier molecular flexibility index (Phi) is 4.94. The van der Waals surface area contributed by atoms with Gasteiger partial charge in [-0.15, -0.1) is 0 Å². The predicted molar refractivity (Wildman–Crippen MR) is 118 cm³/mol. The number of fused-ring (bicyclic) bond motifs is 3. The molecule has 2 N–H and O–H groups in total. The summed E-state index contributed by atoms with van der Waals surface area (Å²) < 4.78 is 11.5. The highest BCUT2D eigenvalue weighted by Crippen LogP contribution is 2.68. The van der Waals surface area contributed by atoms with Gasteiger partial charge < -0.3 is 19.7 Å². The van der Waals surface area contributed by atoms with E-state index in [1.807, 2.05) is 30.3 Å². The summed E-state index contributed by atoms with van der Waals surface area (Å²) in [6.45, 7) is 0. The Bertz CT molecular complexity index is 1190. The van der Waals surface area contributed by atoms with E-state index in [2.05, 4.69) is 4.98 Å². The summed E-state index contributed by atoms with van der Waals surface area (Å²) in [5.41, 5.74) is -2.35. The molecule has 5 rings (SSSR count). The molecule has 0 radical (unpaired) electrons. The topological polar surface area (TPSA) is 88.9 Å². The average Bonchev–Trinajstić information content (AvgIpc) is 3.17. The minimum Gasteiger partial charge on any atom is -0.476 e. The molecule has 2 aromatic carbocycles. The molecule has 1 saturated carbocycles. The number of aliphatic hydroxyl groups is 2. The van der Waals surface area contributed by atoms with Crippen LogP contribution in [0.2, 0.25) is 10.0 Å². The number of carbonyl (C=O) groups excluding carboxylic acids is 1. The van der Waals surface area contributed by atoms with E-state index in [-0.39, 0.29) is 11.4 Å². The van der Waals surface area contributed by atoms with E-state index in [9.17, 15) is 15.0 Å². The molecule has 8 heteroatoms. The number of methoxy groups -OCH3 is 1. The molecule has 2 heterocycles. The standard InChI is InChI=1S/C24H19Cl2NO5/c1-31-22(29)18-19(13-5-3-2-4-6-13)24(14-7-9-15(25)10-8-14)23(30,21(18)28)20-17(32-24)11-16(26)12-27-20/h2-12,18-19,21,28,30H,1H3/t18-,19-,21?,23+,24+/m1/s1. The highest BCUT2D eigenvalue weighted by molar-refractivity contribution is 6.30. The summed E-state index contributed by atoms with van der Waals surface area (Å²) in [5.74, 6) is -2.38. The van der Waals surface area contributed by atoms with Crippen LogP contribution in [0, 0.1) is 5.92 Å². The first kappa shape index (κ1) is 21.2. The zero-order chi connectivity index (χ0) is 22.7. The van der Waals surface area contributed by atoms with Gasteiger partial charge >= 0.3 is 5.97 Å². The zero-order valence-electron chi connectivity index (χ0n) is 16.9. The molecule has 1 unspecified atom stereocenters. The van der Waals surface area contributed by atoms with Crippen molar-refractivity contribution in [2.24, 2.45) is 5.92 Å². The van der Waals surface area contributed by atoms with Gasteiger partial charge in [-0.2, -0.15) is 0 Å². The lowest BCUT2D eigenvalue weighted by Crippen LogP contribution is -2.52. The van der Waals surface area contributed by atoms with Crippen molar-refractivity contribution in [1.82, 2.24) is 4.98 Å². The van der Waals surface area contributed by atoms with Crippen molar-refractivity contribution in [3.8, 4) is 5.75 Å². The Labute approximate surface area is 194 Å². The van der Waals surface area contributed by atoms with Gasteiger partial charge in [-0.1, -0.05) is 65.7 Å². The maximum absolute atomic E-state index is 13.0. The fourth-order valence-corrected chi connectivity index (χ4v) is 5.50. The number of carbonyl (C=O) groups is 1. The molecular formula is C24H19Cl2NO5. The molecule has 1 aliphatic carbocycles. The van der Waals surface area contributed by atoms with E-state index >= 15 is 0 Å². The highest BCUT2D eigenvalue weighted by atomic mass is 35.5. The van der Waals surface area contributed by atoms with Crippen LogP contribution in [0.3, 0.4) is 0 Å². The lowest BCUT2D eigenvalue weighted by molar-refractivity contribution is -0.162. The van der Waals surface area contributed by atoms with Crippen molar-refractivity contribution in [3.05, 3.63) is 93.7 Å². The van der Waals surface area contributed by atoms with Crippen molar-refractivity contribution >= 4 is 29.2 Å². The maximum Gasteiger partial charge on any atom is 0.312 e. The van der Waals surface area contributed by atoms with Crippen LogP contribution < -0.4 is 4.74 Å². The molecule has 32 heavy (non-hydrogen) atoms. The third-order valence-corrected chi connectivity index (χ3v) is 6.95. The van der Waals surface area contributed by atoms with E-state index in [4.69, 9.17) is 32.7 Å². The predicted octanol–water partition coefficient (Wildman–Crippen LogP) is 3.81. The first-order chi connectivity index (χ1) is 15.3. The highest BCUT2D eigenvalue weighted by Gasteiger charge is 2.78. The van der Waals surface area contributed by atoms with Crippen molar-refractivity contribution in [3.63, 3.8) is 0 Å². The average molecular weight is 472 g/mol. The first-order valence-corrected chi connectivity index (χ1v) is 10.7. The van der Waals surface area contributed by atoms with Crippen LogP contribution >= 0.6 is 23.2 Å². The minimum atomic E-state index is -2.07. The van der Waals surface area contributed by atoms with Gasteiger partial charge in [0.15, 0.2) is 11.2 Å². The third kappa shape index (κ3) is 2.67. The molecule has 0 saturated heterocycles. The van der Waals surface area contributed by atoms with Crippen LogP contribution in [0.25, 0.3) is 0 Å². The molecule has 6 nitrogen and oxygen atoms in total. The van der Waals surface area contributed by atoms with Gasteiger partial charge in [-0.3, -0.25) is 9.78 Å². The summed E-state index contributed by atoms with van der Waals surface area (Å²) in [4.78, 5) is 17.3. The molecule has 1 aliphatic heterocycles. The quantitative estimate of drug-likeness (QED) is 0.564. The minimum absolute atomic E-state index is 0.108. The Morgan fingerprint density at radius 2 is 1.78 bits per heavy atom. The van der Waals surface area contributed by atoms with Gasteiger partial charge in [0.05, 0.1) is 18.1 Å². The second-order valence-corrected chi connectivity index (χ2v) is 8.87. The fraction of sp³-hybridized carbons (Fsp3) is 0.250. The molecule has 0 bridgehead atoms. The number of benzene rings is 2. The van der Waals surface area contributed by atoms with Crippen molar-refractivity contribution in [2.45, 2.75) is 23.2 Å². The van der Waals surface area contributed by atoms with Crippen molar-refractivity contribution in [2.75, 3.05) is 7.11 Å². The number of hydrogen-bond acceptors (Lipinski definition) is 6. The van der Waals surface area contributed by atoms with Crippen molar-refractivity contribution < 1.29 is 24.5 Å². The van der Waals surface area contributed by atoms with Crippen LogP contribution in [-0.2, 0) is 20.7 Å². The number of rotatable bonds is 3. The summed E-state index contributed by atoms with van der Waals surface area (Å²) in [7, 11) is 1.25. The number of ether oxygens (including phenoxy) is 2. The fourth-order valence-electron chi connectivity index (χ4n) is 5.23. The number of esters is 1. The molecule has 164 valence electrons. The van der Waals surface area contributed by atoms with E-state index in [0.717, 1.165) is 0 Å². The molecule has 5 atom stereocenters. The number of aromatic nitrogens is 1. The molecule has 1 fully saturated rings. The normalized spacial score (nSPS) is 30.3. The number of pyridine rings is 1. The van der Waals surface area contributed by atoms with Crippen LogP contribution in [0.1, 0.15) is 22.7 Å². The zero-order valence-corrected chi connectivity index (χ0v) is 18.4. The smallest absolute Gasteiger partial charge is 0.312 e. The van der Waals surface area contributed by atoms with Crippen LogP contribution in [0.15, 0.2) is 66.9 Å². The number of aliphatic hydroxyl groups excluding tert-OH is 1. The van der Waals surface area contributed by atoms with E-state index in [0.29, 0.717) is 21.2 Å². The second-order valence-electron chi connectivity index (χ2n) is 7.99. The molecule has 2 aliphatic rings. The molecule has 1 aromatic heterocycles. The Morgan fingerprint density at radius 3 is 2.44 bits per heavy atom. The summed E-state index contributed by atoms with van der Waals surface area (Å²) in [5, 5.41) is 24.6. The van der Waals surface area contributed by atoms with Crippen LogP contribution in [0.4, 0.5) is 0 Å². The summed E-state index contributed by atoms with van der Waals surface area (Å²) in [6, 6.07) is 17.4. The molecule has 0 amide bonds. The summed E-state index contributed by atoms with van der Waals surface area (Å²) in [6.07, 6.45) is -0.208. The maximum atomic E-state index is 13.0. The summed E-state index contributed by atoms with van der Waals surface area (Å²) >= 11 is 12.3. The van der Waals surface area contributed by atoms with Crippen LogP contribution in [0.5, 0.6) is 5.75 Å². The Morgan fingerprint density at radius 1 is 1.09 bits per heavy atom. The first-order valence-electron chi connectivity index (χ1n) is 9.99. The number of halogens is 2. The number of hydrogen-bond donors (Lipinski definition) is 2. The lowest BCUT2D eigenvalue weighted by Gasteiger charge is -2.40. The van der Waals surface area contributed by atoms with Crippen LogP contribution in [-0.4, -0.2) is 34.4 Å². The third-order valence-electron chi connectivity index (χ3n) is 6.49. The molecule has 3 aromatic rings. The largest absolute Gasteiger partial charge is 0.476 e.